The van der Waals surface area contributed by atoms with Crippen LogP contribution in [0.5, 0.6) is 5.75 Å². The highest BCUT2D eigenvalue weighted by Gasteiger charge is 2.25. The smallest absolute Gasteiger partial charge is 0.257 e. The minimum atomic E-state index is -0.0250. The van der Waals surface area contributed by atoms with Crippen LogP contribution in [-0.2, 0) is 4.79 Å². The van der Waals surface area contributed by atoms with Crippen molar-refractivity contribution in [1.82, 2.24) is 10.2 Å². The summed E-state index contributed by atoms with van der Waals surface area (Å²) < 4.78 is 5.24. The molecule has 6 heteroatoms. The Labute approximate surface area is 135 Å². The highest BCUT2D eigenvalue weighted by molar-refractivity contribution is 6.18. The van der Waals surface area contributed by atoms with Gasteiger partial charge in [0.05, 0.1) is 12.7 Å². The minimum Gasteiger partial charge on any atom is -0.496 e. The number of carbonyl (C=O) groups is 2. The number of para-hydroxylation sites is 1. The predicted octanol–water partition coefficient (Wildman–Crippen LogP) is 2.04. The highest BCUT2D eigenvalue weighted by Crippen LogP contribution is 2.21. The third kappa shape index (κ3) is 4.13. The summed E-state index contributed by atoms with van der Waals surface area (Å²) in [5.41, 5.74) is 0.578. The molecule has 0 aliphatic carbocycles. The average Bonchev–Trinajstić information content (AvgIpc) is 2.55. The van der Waals surface area contributed by atoms with Gasteiger partial charge in [0, 0.05) is 31.4 Å². The van der Waals surface area contributed by atoms with Crippen molar-refractivity contribution in [3.8, 4) is 5.75 Å². The van der Waals surface area contributed by atoms with E-state index in [1.807, 2.05) is 17.0 Å². The van der Waals surface area contributed by atoms with E-state index in [1.54, 1.807) is 19.2 Å². The predicted molar refractivity (Wildman–Crippen MR) is 85.4 cm³/mol. The summed E-state index contributed by atoms with van der Waals surface area (Å²) in [4.78, 5) is 25.9. The molecule has 0 atom stereocenters. The molecule has 0 spiro atoms. The van der Waals surface area contributed by atoms with E-state index in [0.717, 1.165) is 12.8 Å². The average molecular weight is 325 g/mol. The molecule has 1 heterocycles. The first kappa shape index (κ1) is 16.6. The molecule has 1 aliphatic heterocycles. The summed E-state index contributed by atoms with van der Waals surface area (Å²) in [5.74, 6) is 0.870. The van der Waals surface area contributed by atoms with E-state index in [2.05, 4.69) is 5.32 Å². The molecule has 1 saturated heterocycles. The second-order valence-electron chi connectivity index (χ2n) is 5.27. The number of hydrogen-bond donors (Lipinski definition) is 1. The lowest BCUT2D eigenvalue weighted by atomic mass is 10.0. The van der Waals surface area contributed by atoms with Gasteiger partial charge in [-0.05, 0) is 25.0 Å². The van der Waals surface area contributed by atoms with Crippen molar-refractivity contribution >= 4 is 23.4 Å². The summed E-state index contributed by atoms with van der Waals surface area (Å²) in [6.07, 6.45) is 1.85. The van der Waals surface area contributed by atoms with Crippen LogP contribution in [0.3, 0.4) is 0 Å². The number of carbonyl (C=O) groups excluding carboxylic acids is 2. The van der Waals surface area contributed by atoms with Crippen molar-refractivity contribution in [3.63, 3.8) is 0 Å². The van der Waals surface area contributed by atoms with Crippen LogP contribution >= 0.6 is 11.6 Å². The molecule has 0 radical (unpaired) electrons. The molecule has 0 saturated carbocycles. The maximum Gasteiger partial charge on any atom is 0.257 e. The quantitative estimate of drug-likeness (QED) is 0.843. The minimum absolute atomic E-state index is 0.0236. The fourth-order valence-electron chi connectivity index (χ4n) is 2.60. The van der Waals surface area contributed by atoms with Gasteiger partial charge in [0.15, 0.2) is 0 Å². The van der Waals surface area contributed by atoms with Crippen molar-refractivity contribution in [2.24, 2.45) is 0 Å². The van der Waals surface area contributed by atoms with Crippen LogP contribution in [0.15, 0.2) is 24.3 Å². The fraction of sp³-hybridized carbons (Fsp3) is 0.500. The number of piperidine rings is 1. The van der Waals surface area contributed by atoms with E-state index in [-0.39, 0.29) is 17.9 Å². The Hall–Kier alpha value is -1.75. The monoisotopic (exact) mass is 324 g/mol. The Morgan fingerprint density at radius 3 is 2.64 bits per heavy atom. The van der Waals surface area contributed by atoms with Crippen LogP contribution in [0.25, 0.3) is 0 Å². The SMILES string of the molecule is COc1ccccc1C(=O)N1CCC(NC(=O)CCCl)CC1. The Morgan fingerprint density at radius 1 is 1.32 bits per heavy atom. The molecule has 22 heavy (non-hydrogen) atoms. The summed E-state index contributed by atoms with van der Waals surface area (Å²) >= 11 is 5.55. The van der Waals surface area contributed by atoms with Gasteiger partial charge < -0.3 is 15.0 Å². The number of benzene rings is 1. The van der Waals surface area contributed by atoms with Crippen LogP contribution in [0, 0.1) is 0 Å². The Morgan fingerprint density at radius 2 is 2.00 bits per heavy atom. The standard InChI is InChI=1S/C16H21ClN2O3/c1-22-14-5-3-2-4-13(14)16(21)19-10-7-12(8-11-19)18-15(20)6-9-17/h2-5,12H,6-11H2,1H3,(H,18,20). The molecule has 0 bridgehead atoms. The highest BCUT2D eigenvalue weighted by atomic mass is 35.5. The first-order chi connectivity index (χ1) is 10.7. The molecule has 1 fully saturated rings. The largest absolute Gasteiger partial charge is 0.496 e. The zero-order valence-corrected chi connectivity index (χ0v) is 13.4. The lowest BCUT2D eigenvalue weighted by Crippen LogP contribution is -2.46. The van der Waals surface area contributed by atoms with Gasteiger partial charge in [-0.25, -0.2) is 0 Å². The van der Waals surface area contributed by atoms with E-state index in [9.17, 15) is 9.59 Å². The molecule has 120 valence electrons. The van der Waals surface area contributed by atoms with Gasteiger partial charge in [-0.15, -0.1) is 11.6 Å². The second-order valence-corrected chi connectivity index (χ2v) is 5.65. The van der Waals surface area contributed by atoms with Crippen molar-refractivity contribution in [3.05, 3.63) is 29.8 Å². The van der Waals surface area contributed by atoms with Gasteiger partial charge in [-0.2, -0.15) is 0 Å². The van der Waals surface area contributed by atoms with Crippen LogP contribution in [0.2, 0.25) is 0 Å². The fourth-order valence-corrected chi connectivity index (χ4v) is 2.78. The molecule has 1 aliphatic rings. The number of likely N-dealkylation sites (tertiary alicyclic amines) is 1. The van der Waals surface area contributed by atoms with Crippen LogP contribution in [0.1, 0.15) is 29.6 Å². The first-order valence-corrected chi connectivity index (χ1v) is 7.96. The van der Waals surface area contributed by atoms with Crippen molar-refractivity contribution in [1.29, 1.82) is 0 Å². The molecule has 1 aromatic carbocycles. The number of rotatable bonds is 5. The molecule has 0 aromatic heterocycles. The molecule has 2 amide bonds. The van der Waals surface area contributed by atoms with Gasteiger partial charge >= 0.3 is 0 Å². The first-order valence-electron chi connectivity index (χ1n) is 7.43. The third-order valence-electron chi connectivity index (χ3n) is 3.81. The van der Waals surface area contributed by atoms with Crippen molar-refractivity contribution in [2.45, 2.75) is 25.3 Å². The lowest BCUT2D eigenvalue weighted by molar-refractivity contribution is -0.121. The van der Waals surface area contributed by atoms with Crippen LogP contribution in [-0.4, -0.2) is 48.8 Å². The van der Waals surface area contributed by atoms with Crippen LogP contribution in [0.4, 0.5) is 0 Å². The number of nitrogens with one attached hydrogen (secondary N) is 1. The summed E-state index contributed by atoms with van der Waals surface area (Å²) in [7, 11) is 1.56. The number of methoxy groups -OCH3 is 1. The molecular formula is C16H21ClN2O3. The molecule has 1 aromatic rings. The van der Waals surface area contributed by atoms with Crippen LogP contribution < -0.4 is 10.1 Å². The van der Waals surface area contributed by atoms with Crippen molar-refractivity contribution in [2.75, 3.05) is 26.1 Å². The molecule has 0 unspecified atom stereocenters. The number of hydrogen-bond acceptors (Lipinski definition) is 3. The molecule has 5 nitrogen and oxygen atoms in total. The maximum absolute atomic E-state index is 12.6. The number of alkyl halides is 1. The third-order valence-corrected chi connectivity index (χ3v) is 4.00. The van der Waals surface area contributed by atoms with E-state index >= 15 is 0 Å². The van der Waals surface area contributed by atoms with Crippen molar-refractivity contribution < 1.29 is 14.3 Å². The maximum atomic E-state index is 12.6. The topological polar surface area (TPSA) is 58.6 Å². The van der Waals surface area contributed by atoms with E-state index < -0.39 is 0 Å². The zero-order valence-electron chi connectivity index (χ0n) is 12.7. The Balaban J connectivity index is 1.91. The normalized spacial score (nSPS) is 15.5. The Bertz CT molecular complexity index is 528. The molecule has 1 N–H and O–H groups in total. The number of nitrogens with zero attached hydrogens (tertiary/aromatic N) is 1. The zero-order chi connectivity index (χ0) is 15.9. The number of amides is 2. The van der Waals surface area contributed by atoms with Gasteiger partial charge in [-0.1, -0.05) is 12.1 Å². The van der Waals surface area contributed by atoms with Gasteiger partial charge in [-0.3, -0.25) is 9.59 Å². The van der Waals surface area contributed by atoms with Gasteiger partial charge in [0.1, 0.15) is 5.75 Å². The lowest BCUT2D eigenvalue weighted by Gasteiger charge is -2.32. The molecular weight excluding hydrogens is 304 g/mol. The summed E-state index contributed by atoms with van der Waals surface area (Å²) in [6.45, 7) is 1.26. The van der Waals surface area contributed by atoms with E-state index in [0.29, 0.717) is 36.7 Å². The summed E-state index contributed by atoms with van der Waals surface area (Å²) in [5, 5.41) is 2.96. The Kier molecular flexibility index (Phi) is 6.07. The van der Waals surface area contributed by atoms with E-state index in [1.165, 1.54) is 0 Å². The van der Waals surface area contributed by atoms with Gasteiger partial charge in [0.2, 0.25) is 5.91 Å². The van der Waals surface area contributed by atoms with E-state index in [4.69, 9.17) is 16.3 Å². The molecule has 2 rings (SSSR count). The van der Waals surface area contributed by atoms with Gasteiger partial charge in [0.25, 0.3) is 5.91 Å². The number of ether oxygens (including phenoxy) is 1. The summed E-state index contributed by atoms with van der Waals surface area (Å²) in [6, 6.07) is 7.35. The second kappa shape index (κ2) is 8.03. The number of halogens is 1.